The number of benzene rings is 3. The maximum Gasteiger partial charge on any atom is 0.251 e. The molecule has 0 fully saturated rings. The van der Waals surface area contributed by atoms with Gasteiger partial charge in [-0.25, -0.2) is 12.8 Å². The molecule has 2 N–H and O–H groups in total. The van der Waals surface area contributed by atoms with E-state index in [2.05, 4.69) is 16.0 Å². The molecule has 0 aromatic heterocycles. The second kappa shape index (κ2) is 11.3. The third-order valence-electron chi connectivity index (χ3n) is 5.45. The highest BCUT2D eigenvalue weighted by Crippen LogP contribution is 2.16. The molecular formula is C28H27FN2O4S. The minimum Gasteiger partial charge on any atom is -0.342 e. The summed E-state index contributed by atoms with van der Waals surface area (Å²) in [4.78, 5) is 26.0. The van der Waals surface area contributed by atoms with Crippen LogP contribution in [0.25, 0.3) is 0 Å². The molecule has 0 bridgehead atoms. The van der Waals surface area contributed by atoms with Gasteiger partial charge in [0.05, 0.1) is 16.5 Å². The Morgan fingerprint density at radius 2 is 1.56 bits per heavy atom. The van der Waals surface area contributed by atoms with Crippen molar-refractivity contribution >= 4 is 21.7 Å². The summed E-state index contributed by atoms with van der Waals surface area (Å²) in [7, 11) is -3.84. The van der Waals surface area contributed by atoms with Crippen molar-refractivity contribution in [2.75, 3.05) is 0 Å². The molecule has 0 radical (unpaired) electrons. The van der Waals surface area contributed by atoms with Gasteiger partial charge in [0, 0.05) is 12.0 Å². The fraction of sp³-hybridized carbons (Fsp3) is 0.214. The van der Waals surface area contributed by atoms with E-state index in [9.17, 15) is 22.4 Å². The van der Waals surface area contributed by atoms with Crippen LogP contribution in [-0.4, -0.2) is 31.7 Å². The van der Waals surface area contributed by atoms with Crippen LogP contribution in [0.5, 0.6) is 0 Å². The Labute approximate surface area is 211 Å². The van der Waals surface area contributed by atoms with Crippen LogP contribution in [0.3, 0.4) is 0 Å². The fourth-order valence-corrected chi connectivity index (χ4v) is 4.82. The third kappa shape index (κ3) is 7.35. The van der Waals surface area contributed by atoms with Crippen LogP contribution in [0.2, 0.25) is 0 Å². The summed E-state index contributed by atoms with van der Waals surface area (Å²) >= 11 is 0. The number of nitrogens with one attached hydrogen (secondary N) is 2. The summed E-state index contributed by atoms with van der Waals surface area (Å²) in [5.41, 5.74) is 0.628. The molecule has 36 heavy (non-hydrogen) atoms. The second-order valence-corrected chi connectivity index (χ2v) is 10.6. The van der Waals surface area contributed by atoms with Crippen LogP contribution >= 0.6 is 0 Å². The molecule has 0 aliphatic heterocycles. The Bertz CT molecular complexity index is 1360. The maximum absolute atomic E-state index is 13.2. The predicted octanol–water partition coefficient (Wildman–Crippen LogP) is 3.67. The SMILES string of the molecule is C#CC(C)(C)NS(=O)(=O)c1ccc(CC(=O)[C@H](Cc2ccccc2)NC(=O)c2ccc(F)cc2)cc1. The molecule has 0 spiro atoms. The molecule has 186 valence electrons. The predicted molar refractivity (Wildman–Crippen MR) is 136 cm³/mol. The van der Waals surface area contributed by atoms with Gasteiger partial charge in [0.1, 0.15) is 5.82 Å². The quantitative estimate of drug-likeness (QED) is 0.411. The first-order chi connectivity index (χ1) is 17.0. The lowest BCUT2D eigenvalue weighted by Crippen LogP contribution is -2.43. The maximum atomic E-state index is 13.2. The zero-order chi connectivity index (χ0) is 26.3. The van der Waals surface area contributed by atoms with Gasteiger partial charge < -0.3 is 5.32 Å². The van der Waals surface area contributed by atoms with Crippen molar-refractivity contribution in [3.63, 3.8) is 0 Å². The zero-order valence-corrected chi connectivity index (χ0v) is 20.8. The van der Waals surface area contributed by atoms with E-state index in [1.54, 1.807) is 26.0 Å². The minimum atomic E-state index is -3.84. The van der Waals surface area contributed by atoms with Crippen LogP contribution in [-0.2, 0) is 27.7 Å². The Hall–Kier alpha value is -3.80. The Morgan fingerprint density at radius 3 is 2.14 bits per heavy atom. The van der Waals surface area contributed by atoms with Gasteiger partial charge in [-0.3, -0.25) is 9.59 Å². The molecule has 0 saturated heterocycles. The molecule has 0 heterocycles. The molecule has 0 saturated carbocycles. The molecule has 0 unspecified atom stereocenters. The van der Waals surface area contributed by atoms with Crippen molar-refractivity contribution < 1.29 is 22.4 Å². The van der Waals surface area contributed by atoms with Crippen LogP contribution in [0.1, 0.15) is 35.3 Å². The number of rotatable bonds is 10. The zero-order valence-electron chi connectivity index (χ0n) is 20.0. The topological polar surface area (TPSA) is 92.3 Å². The molecule has 0 aliphatic rings. The van der Waals surface area contributed by atoms with E-state index >= 15 is 0 Å². The lowest BCUT2D eigenvalue weighted by molar-refractivity contribution is -0.120. The van der Waals surface area contributed by atoms with Crippen LogP contribution < -0.4 is 10.0 Å². The third-order valence-corrected chi connectivity index (χ3v) is 7.12. The van der Waals surface area contributed by atoms with Crippen molar-refractivity contribution in [2.45, 2.75) is 43.2 Å². The molecule has 3 aromatic carbocycles. The number of terminal acetylenes is 1. The average molecular weight is 507 g/mol. The van der Waals surface area contributed by atoms with E-state index < -0.39 is 33.3 Å². The molecule has 8 heteroatoms. The number of carbonyl (C=O) groups excluding carboxylic acids is 2. The highest BCUT2D eigenvalue weighted by molar-refractivity contribution is 7.89. The molecule has 6 nitrogen and oxygen atoms in total. The number of amides is 1. The van der Waals surface area contributed by atoms with Gasteiger partial charge in [-0.15, -0.1) is 6.42 Å². The molecule has 1 amide bonds. The smallest absolute Gasteiger partial charge is 0.251 e. The lowest BCUT2D eigenvalue weighted by Gasteiger charge is -2.20. The van der Waals surface area contributed by atoms with Crippen LogP contribution in [0.4, 0.5) is 4.39 Å². The van der Waals surface area contributed by atoms with Crippen molar-refractivity contribution in [1.29, 1.82) is 0 Å². The number of sulfonamides is 1. The van der Waals surface area contributed by atoms with E-state index in [0.29, 0.717) is 5.56 Å². The summed E-state index contributed by atoms with van der Waals surface area (Å²) in [6.45, 7) is 3.15. The number of carbonyl (C=O) groups is 2. The number of hydrogen-bond acceptors (Lipinski definition) is 4. The summed E-state index contributed by atoms with van der Waals surface area (Å²) in [5, 5.41) is 2.75. The Balaban J connectivity index is 1.77. The first-order valence-corrected chi connectivity index (χ1v) is 12.7. The molecule has 0 aliphatic carbocycles. The molecule has 3 aromatic rings. The largest absolute Gasteiger partial charge is 0.342 e. The van der Waals surface area contributed by atoms with Crippen LogP contribution in [0.15, 0.2) is 83.8 Å². The molecule has 1 atom stereocenters. The van der Waals surface area contributed by atoms with Gasteiger partial charge in [-0.2, -0.15) is 4.72 Å². The summed E-state index contributed by atoms with van der Waals surface area (Å²) in [5.74, 6) is 1.17. The normalized spacial score (nSPS) is 12.4. The first-order valence-electron chi connectivity index (χ1n) is 11.2. The molecule has 3 rings (SSSR count). The van der Waals surface area contributed by atoms with E-state index in [-0.39, 0.29) is 29.1 Å². The van der Waals surface area contributed by atoms with E-state index in [0.717, 1.165) is 5.56 Å². The van der Waals surface area contributed by atoms with Crippen molar-refractivity contribution in [2.24, 2.45) is 0 Å². The van der Waals surface area contributed by atoms with Gasteiger partial charge >= 0.3 is 0 Å². The summed E-state index contributed by atoms with van der Waals surface area (Å²) in [6.07, 6.45) is 5.62. The van der Waals surface area contributed by atoms with Crippen molar-refractivity contribution in [3.05, 3.63) is 101 Å². The van der Waals surface area contributed by atoms with Gasteiger partial charge in [-0.1, -0.05) is 48.4 Å². The molecular weight excluding hydrogens is 479 g/mol. The van der Waals surface area contributed by atoms with Gasteiger partial charge in [-0.05, 0) is 67.8 Å². The highest BCUT2D eigenvalue weighted by Gasteiger charge is 2.25. The monoisotopic (exact) mass is 506 g/mol. The number of halogens is 1. The van der Waals surface area contributed by atoms with Gasteiger partial charge in [0.15, 0.2) is 5.78 Å². The van der Waals surface area contributed by atoms with E-state index in [1.807, 2.05) is 30.3 Å². The van der Waals surface area contributed by atoms with Gasteiger partial charge in [0.2, 0.25) is 10.0 Å². The fourth-order valence-electron chi connectivity index (χ4n) is 3.47. The Morgan fingerprint density at radius 1 is 0.944 bits per heavy atom. The Kier molecular flexibility index (Phi) is 8.41. The van der Waals surface area contributed by atoms with Crippen LogP contribution in [0, 0.1) is 18.2 Å². The highest BCUT2D eigenvalue weighted by atomic mass is 32.2. The minimum absolute atomic E-state index is 0.0208. The number of hydrogen-bond donors (Lipinski definition) is 2. The summed E-state index contributed by atoms with van der Waals surface area (Å²) < 4.78 is 40.8. The number of ketones is 1. The van der Waals surface area contributed by atoms with Gasteiger partial charge in [0.25, 0.3) is 5.91 Å². The van der Waals surface area contributed by atoms with Crippen molar-refractivity contribution in [3.8, 4) is 12.3 Å². The van der Waals surface area contributed by atoms with E-state index in [4.69, 9.17) is 6.42 Å². The standard InChI is InChI=1S/C28H27FN2O4S/c1-4-28(2,3)31-36(34,35)24-16-10-21(11-17-24)19-26(32)25(18-20-8-6-5-7-9-20)30-27(33)22-12-14-23(29)15-13-22/h1,5-17,25,31H,18-19H2,2-3H3,(H,30,33)/t25-/m0/s1. The second-order valence-electron chi connectivity index (χ2n) is 8.88. The van der Waals surface area contributed by atoms with E-state index in [1.165, 1.54) is 36.4 Å². The summed E-state index contributed by atoms with van der Waals surface area (Å²) in [6, 6.07) is 19.4. The lowest BCUT2D eigenvalue weighted by atomic mass is 9.97. The van der Waals surface area contributed by atoms with Crippen molar-refractivity contribution in [1.82, 2.24) is 10.0 Å². The first kappa shape index (κ1) is 26.8. The number of Topliss-reactive ketones (excluding diaryl/α,β-unsaturated/α-hetero) is 1. The average Bonchev–Trinajstić information content (AvgIpc) is 2.84.